The maximum absolute atomic E-state index is 6.07. The lowest BCUT2D eigenvalue weighted by Gasteiger charge is -2.07. The van der Waals surface area contributed by atoms with Crippen molar-refractivity contribution in [3.8, 4) is 11.4 Å². The molecule has 0 unspecified atom stereocenters. The summed E-state index contributed by atoms with van der Waals surface area (Å²) in [6.07, 6.45) is 2.06. The number of benzene rings is 2. The van der Waals surface area contributed by atoms with E-state index in [2.05, 4.69) is 23.4 Å². The molecule has 3 rings (SSSR count). The monoisotopic (exact) mass is 285 g/mol. The van der Waals surface area contributed by atoms with Gasteiger partial charge in [0.15, 0.2) is 0 Å². The average Bonchev–Trinajstić information content (AvgIpc) is 2.83. The van der Waals surface area contributed by atoms with Gasteiger partial charge in [-0.1, -0.05) is 6.07 Å². The third-order valence-electron chi connectivity index (χ3n) is 3.22. The average molecular weight is 285 g/mol. The van der Waals surface area contributed by atoms with Crippen LogP contribution < -0.4 is 10.5 Å². The molecule has 0 amide bonds. The van der Waals surface area contributed by atoms with Crippen molar-refractivity contribution < 1.29 is 4.74 Å². The minimum Gasteiger partial charge on any atom is -0.494 e. The van der Waals surface area contributed by atoms with Crippen LogP contribution in [0.2, 0.25) is 0 Å². The Kier molecular flexibility index (Phi) is 3.28. The quantitative estimate of drug-likeness (QED) is 0.750. The van der Waals surface area contributed by atoms with Gasteiger partial charge in [0.2, 0.25) is 5.95 Å². The van der Waals surface area contributed by atoms with Crippen LogP contribution in [0.4, 0.5) is 5.95 Å². The molecule has 5 heteroatoms. The van der Waals surface area contributed by atoms with E-state index in [0.717, 1.165) is 22.5 Å². The first-order valence-electron chi connectivity index (χ1n) is 6.20. The van der Waals surface area contributed by atoms with Crippen molar-refractivity contribution in [3.63, 3.8) is 0 Å². The van der Waals surface area contributed by atoms with E-state index in [1.165, 1.54) is 4.90 Å². The second-order valence-electron chi connectivity index (χ2n) is 4.33. The Morgan fingerprint density at radius 1 is 1.15 bits per heavy atom. The van der Waals surface area contributed by atoms with Crippen molar-refractivity contribution in [2.24, 2.45) is 0 Å². The van der Waals surface area contributed by atoms with Crippen LogP contribution in [0.15, 0.2) is 47.4 Å². The van der Waals surface area contributed by atoms with Gasteiger partial charge in [0, 0.05) is 10.6 Å². The van der Waals surface area contributed by atoms with Crippen molar-refractivity contribution in [1.82, 2.24) is 9.55 Å². The standard InChI is InChI=1S/C15H15N3OS/c1-19-13-5-3-4-12-14(13)17-15(16)18(12)10-6-8-11(20-2)9-7-10/h3-9H,1-2H3,(H2,16,17). The zero-order chi connectivity index (χ0) is 14.1. The molecule has 102 valence electrons. The predicted octanol–water partition coefficient (Wildman–Crippen LogP) is 3.34. The number of nitrogens with two attached hydrogens (primary N) is 1. The molecule has 0 atom stereocenters. The molecule has 0 aliphatic heterocycles. The summed E-state index contributed by atoms with van der Waals surface area (Å²) in [7, 11) is 1.64. The maximum atomic E-state index is 6.07. The number of para-hydroxylation sites is 1. The molecular formula is C15H15N3OS. The predicted molar refractivity (Wildman–Crippen MR) is 83.8 cm³/mol. The van der Waals surface area contributed by atoms with Crippen molar-refractivity contribution in [2.45, 2.75) is 4.90 Å². The summed E-state index contributed by atoms with van der Waals surface area (Å²) in [6.45, 7) is 0. The summed E-state index contributed by atoms with van der Waals surface area (Å²) in [5, 5.41) is 0. The molecule has 1 aromatic heterocycles. The van der Waals surface area contributed by atoms with E-state index in [1.807, 2.05) is 34.9 Å². The molecule has 0 saturated carbocycles. The Morgan fingerprint density at radius 3 is 2.55 bits per heavy atom. The highest BCUT2D eigenvalue weighted by Gasteiger charge is 2.13. The molecule has 0 radical (unpaired) electrons. The van der Waals surface area contributed by atoms with Crippen LogP contribution in [0.25, 0.3) is 16.7 Å². The van der Waals surface area contributed by atoms with Crippen LogP contribution in [0.3, 0.4) is 0 Å². The summed E-state index contributed by atoms with van der Waals surface area (Å²) < 4.78 is 7.27. The first-order chi connectivity index (χ1) is 9.74. The minimum atomic E-state index is 0.460. The summed E-state index contributed by atoms with van der Waals surface area (Å²) in [4.78, 5) is 5.63. The third kappa shape index (κ3) is 2.00. The van der Waals surface area contributed by atoms with E-state index in [9.17, 15) is 0 Å². The number of ether oxygens (including phenoxy) is 1. The number of rotatable bonds is 3. The van der Waals surface area contributed by atoms with Gasteiger partial charge in [-0.05, 0) is 42.7 Å². The number of imidazole rings is 1. The zero-order valence-electron chi connectivity index (χ0n) is 11.3. The SMILES string of the molecule is COc1cccc2c1nc(N)n2-c1ccc(SC)cc1. The van der Waals surface area contributed by atoms with E-state index in [4.69, 9.17) is 10.5 Å². The van der Waals surface area contributed by atoms with Crippen molar-refractivity contribution in [3.05, 3.63) is 42.5 Å². The largest absolute Gasteiger partial charge is 0.494 e. The fourth-order valence-corrected chi connectivity index (χ4v) is 2.67. The molecule has 3 aromatic rings. The van der Waals surface area contributed by atoms with Gasteiger partial charge in [0.1, 0.15) is 11.3 Å². The summed E-state index contributed by atoms with van der Waals surface area (Å²) >= 11 is 1.71. The highest BCUT2D eigenvalue weighted by atomic mass is 32.2. The topological polar surface area (TPSA) is 53.1 Å². The van der Waals surface area contributed by atoms with Gasteiger partial charge in [0.05, 0.1) is 12.6 Å². The Morgan fingerprint density at radius 2 is 1.90 bits per heavy atom. The molecule has 2 N–H and O–H groups in total. The van der Waals surface area contributed by atoms with Crippen molar-refractivity contribution >= 4 is 28.7 Å². The number of thioether (sulfide) groups is 1. The van der Waals surface area contributed by atoms with E-state index < -0.39 is 0 Å². The molecule has 0 fully saturated rings. The van der Waals surface area contributed by atoms with E-state index in [0.29, 0.717) is 5.95 Å². The molecule has 0 spiro atoms. The lowest BCUT2D eigenvalue weighted by atomic mass is 10.2. The number of anilines is 1. The molecule has 4 nitrogen and oxygen atoms in total. The molecule has 0 bridgehead atoms. The van der Waals surface area contributed by atoms with Gasteiger partial charge in [-0.25, -0.2) is 4.98 Å². The number of nitrogens with zero attached hydrogens (tertiary/aromatic N) is 2. The fraction of sp³-hybridized carbons (Fsp3) is 0.133. The number of aromatic nitrogens is 2. The fourth-order valence-electron chi connectivity index (χ4n) is 2.26. The second kappa shape index (κ2) is 5.09. The zero-order valence-corrected chi connectivity index (χ0v) is 12.1. The molecule has 1 heterocycles. The normalized spacial score (nSPS) is 10.9. The lowest BCUT2D eigenvalue weighted by molar-refractivity contribution is 0.419. The number of nitrogen functional groups attached to an aromatic ring is 1. The van der Waals surface area contributed by atoms with Crippen molar-refractivity contribution in [1.29, 1.82) is 0 Å². The number of hydrogen-bond donors (Lipinski definition) is 1. The van der Waals surface area contributed by atoms with Gasteiger partial charge in [-0.2, -0.15) is 0 Å². The molecule has 0 aliphatic rings. The molecule has 2 aromatic carbocycles. The molecular weight excluding hydrogens is 270 g/mol. The van der Waals surface area contributed by atoms with Crippen LogP contribution in [-0.4, -0.2) is 22.9 Å². The van der Waals surface area contributed by atoms with Gasteiger partial charge in [-0.3, -0.25) is 4.57 Å². The summed E-state index contributed by atoms with van der Waals surface area (Å²) in [6, 6.07) is 14.1. The first-order valence-corrected chi connectivity index (χ1v) is 7.42. The van der Waals surface area contributed by atoms with Gasteiger partial charge < -0.3 is 10.5 Å². The van der Waals surface area contributed by atoms with Crippen LogP contribution in [-0.2, 0) is 0 Å². The smallest absolute Gasteiger partial charge is 0.206 e. The minimum absolute atomic E-state index is 0.460. The van der Waals surface area contributed by atoms with Crippen LogP contribution >= 0.6 is 11.8 Å². The Balaban J connectivity index is 2.22. The van der Waals surface area contributed by atoms with Gasteiger partial charge >= 0.3 is 0 Å². The third-order valence-corrected chi connectivity index (χ3v) is 3.97. The van der Waals surface area contributed by atoms with E-state index in [1.54, 1.807) is 18.9 Å². The van der Waals surface area contributed by atoms with Crippen LogP contribution in [0.1, 0.15) is 0 Å². The molecule has 20 heavy (non-hydrogen) atoms. The first kappa shape index (κ1) is 12.9. The number of methoxy groups -OCH3 is 1. The Bertz CT molecular complexity index is 750. The van der Waals surface area contributed by atoms with E-state index >= 15 is 0 Å². The van der Waals surface area contributed by atoms with Crippen molar-refractivity contribution in [2.75, 3.05) is 19.1 Å². The molecule has 0 aliphatic carbocycles. The lowest BCUT2D eigenvalue weighted by Crippen LogP contribution is -2.00. The summed E-state index contributed by atoms with van der Waals surface area (Å²) in [5.41, 5.74) is 8.79. The Labute approximate surface area is 121 Å². The number of fused-ring (bicyclic) bond motifs is 1. The van der Waals surface area contributed by atoms with Crippen LogP contribution in [0.5, 0.6) is 5.75 Å². The number of hydrogen-bond acceptors (Lipinski definition) is 4. The second-order valence-corrected chi connectivity index (χ2v) is 5.21. The Hall–Kier alpha value is -2.14. The van der Waals surface area contributed by atoms with Gasteiger partial charge in [-0.15, -0.1) is 11.8 Å². The van der Waals surface area contributed by atoms with Crippen LogP contribution in [0, 0.1) is 0 Å². The highest BCUT2D eigenvalue weighted by molar-refractivity contribution is 7.98. The highest BCUT2D eigenvalue weighted by Crippen LogP contribution is 2.29. The maximum Gasteiger partial charge on any atom is 0.206 e. The summed E-state index contributed by atoms with van der Waals surface area (Å²) in [5.74, 6) is 1.19. The van der Waals surface area contributed by atoms with E-state index in [-0.39, 0.29) is 0 Å². The van der Waals surface area contributed by atoms with Gasteiger partial charge in [0.25, 0.3) is 0 Å². The molecule has 0 saturated heterocycles.